The van der Waals surface area contributed by atoms with Gasteiger partial charge in [0.25, 0.3) is 0 Å². The maximum Gasteiger partial charge on any atom is 0.222 e. The lowest BCUT2D eigenvalue weighted by Gasteiger charge is -2.34. The number of rotatable bonds is 19. The zero-order valence-electron chi connectivity index (χ0n) is 35.3. The maximum absolute atomic E-state index is 13.6. The fourth-order valence-corrected chi connectivity index (χ4v) is 7.17. The highest BCUT2D eigenvalue weighted by atomic mass is 19.1. The van der Waals surface area contributed by atoms with Crippen molar-refractivity contribution >= 4 is 11.8 Å². The minimum atomic E-state index is -0.342. The van der Waals surface area contributed by atoms with Gasteiger partial charge in [-0.15, -0.1) is 0 Å². The highest BCUT2D eigenvalue weighted by molar-refractivity contribution is 5.76. The number of piperazine rings is 2. The van der Waals surface area contributed by atoms with Crippen molar-refractivity contribution < 1.29 is 42.1 Å². The molecule has 2 aliphatic heterocycles. The van der Waals surface area contributed by atoms with Gasteiger partial charge in [0.05, 0.1) is 21.3 Å². The molecule has 324 valence electrons. The van der Waals surface area contributed by atoms with E-state index in [1.165, 1.54) is 17.7 Å². The molecule has 2 saturated heterocycles. The van der Waals surface area contributed by atoms with E-state index in [2.05, 4.69) is 9.80 Å². The van der Waals surface area contributed by atoms with Crippen molar-refractivity contribution in [2.45, 2.75) is 38.5 Å². The van der Waals surface area contributed by atoms with Gasteiger partial charge in [-0.3, -0.25) is 19.4 Å². The van der Waals surface area contributed by atoms with Crippen LogP contribution in [0.5, 0.6) is 28.7 Å². The SMILES string of the molecule is COc1ccc(CCCC(=O)N2CCN(CCOc3ccccc3F)CC2)cc1.COc1ccc(CCCC(=O)N2CCN(CCOc3ccccc3F)CC2)cc1OC. The third-order valence-corrected chi connectivity index (χ3v) is 10.8. The van der Waals surface area contributed by atoms with Crippen LogP contribution in [0.1, 0.15) is 36.8 Å². The average molecular weight is 831 g/mol. The number of hydrogen-bond donors (Lipinski definition) is 0. The molecule has 13 heteroatoms. The molecule has 11 nitrogen and oxygen atoms in total. The fraction of sp³-hybridized carbons (Fsp3) is 0.447. The maximum atomic E-state index is 13.6. The van der Waals surface area contributed by atoms with E-state index in [1.807, 2.05) is 52.3 Å². The predicted molar refractivity (Wildman–Crippen MR) is 228 cm³/mol. The highest BCUT2D eigenvalue weighted by Gasteiger charge is 2.22. The van der Waals surface area contributed by atoms with Crippen LogP contribution < -0.4 is 23.7 Å². The number of carbonyl (C=O) groups is 2. The summed E-state index contributed by atoms with van der Waals surface area (Å²) in [5.41, 5.74) is 2.35. The molecule has 0 atom stereocenters. The predicted octanol–water partition coefficient (Wildman–Crippen LogP) is 6.77. The Morgan fingerprint density at radius 2 is 0.967 bits per heavy atom. The largest absolute Gasteiger partial charge is 0.497 e. The van der Waals surface area contributed by atoms with Crippen molar-refractivity contribution in [1.82, 2.24) is 19.6 Å². The average Bonchev–Trinajstić information content (AvgIpc) is 3.28. The molecule has 4 aromatic rings. The van der Waals surface area contributed by atoms with Crippen LogP contribution in [0.3, 0.4) is 0 Å². The van der Waals surface area contributed by atoms with E-state index < -0.39 is 0 Å². The van der Waals surface area contributed by atoms with Crippen LogP contribution in [-0.4, -0.2) is 131 Å². The summed E-state index contributed by atoms with van der Waals surface area (Å²) in [6.45, 7) is 8.49. The van der Waals surface area contributed by atoms with E-state index in [0.29, 0.717) is 37.6 Å². The van der Waals surface area contributed by atoms with Gasteiger partial charge in [0.15, 0.2) is 34.6 Å². The minimum Gasteiger partial charge on any atom is -0.497 e. The Bertz CT molecular complexity index is 1900. The standard InChI is InChI=1S/C24H31FN2O4.C23H29FN2O3/c1-29-22-11-10-19(18-23(22)30-2)6-5-9-24(28)27-14-12-26(13-15-27)16-17-31-21-8-4-3-7-20(21)25;1-28-20-11-9-19(10-12-20)5-4-8-23(27)26-15-13-25(14-16-26)17-18-29-22-7-3-2-6-21(22)24/h3-4,7-8,10-11,18H,5-6,9,12-17H2,1-2H3;2-3,6-7,9-12H,4-5,8,13-18H2,1H3. The normalized spacial score (nSPS) is 14.5. The van der Waals surface area contributed by atoms with Gasteiger partial charge in [0, 0.05) is 78.3 Å². The first kappa shape index (κ1) is 45.7. The summed E-state index contributed by atoms with van der Waals surface area (Å²) in [6, 6.07) is 26.7. The number of benzene rings is 4. The number of halogens is 2. The topological polar surface area (TPSA) is 93.2 Å². The number of aryl methyl sites for hydroxylation is 2. The van der Waals surface area contributed by atoms with Crippen molar-refractivity contribution in [1.29, 1.82) is 0 Å². The van der Waals surface area contributed by atoms with E-state index in [-0.39, 0.29) is 34.9 Å². The summed E-state index contributed by atoms with van der Waals surface area (Å²) in [4.78, 5) is 33.4. The molecule has 0 aliphatic carbocycles. The van der Waals surface area contributed by atoms with Gasteiger partial charge >= 0.3 is 0 Å². The summed E-state index contributed by atoms with van der Waals surface area (Å²) in [6.07, 6.45) is 4.46. The van der Waals surface area contributed by atoms with Crippen molar-refractivity contribution in [2.75, 3.05) is 100.0 Å². The molecule has 0 unspecified atom stereocenters. The van der Waals surface area contributed by atoms with Crippen LogP contribution in [0.15, 0.2) is 91.0 Å². The van der Waals surface area contributed by atoms with Gasteiger partial charge in [-0.2, -0.15) is 0 Å². The van der Waals surface area contributed by atoms with Gasteiger partial charge in [-0.05, 0) is 85.3 Å². The molecule has 6 rings (SSSR count). The highest BCUT2D eigenvalue weighted by Crippen LogP contribution is 2.28. The molecule has 0 radical (unpaired) electrons. The van der Waals surface area contributed by atoms with Crippen LogP contribution in [0, 0.1) is 11.6 Å². The Morgan fingerprint density at radius 1 is 0.517 bits per heavy atom. The van der Waals surface area contributed by atoms with Crippen molar-refractivity contribution in [3.63, 3.8) is 0 Å². The molecule has 2 amide bonds. The summed E-state index contributed by atoms with van der Waals surface area (Å²) in [7, 11) is 4.90. The number of nitrogens with zero attached hydrogens (tertiary/aromatic N) is 4. The van der Waals surface area contributed by atoms with E-state index in [1.54, 1.807) is 57.7 Å². The lowest BCUT2D eigenvalue weighted by molar-refractivity contribution is -0.133. The van der Waals surface area contributed by atoms with E-state index in [4.69, 9.17) is 23.7 Å². The van der Waals surface area contributed by atoms with Crippen LogP contribution in [0.2, 0.25) is 0 Å². The minimum absolute atomic E-state index is 0.197. The summed E-state index contributed by atoms with van der Waals surface area (Å²) in [5, 5.41) is 0. The van der Waals surface area contributed by atoms with Crippen LogP contribution >= 0.6 is 0 Å². The Hall–Kier alpha value is -5.40. The molecule has 0 aromatic heterocycles. The van der Waals surface area contributed by atoms with Gasteiger partial charge in [-0.1, -0.05) is 42.5 Å². The number of methoxy groups -OCH3 is 3. The van der Waals surface area contributed by atoms with Gasteiger partial charge in [0.2, 0.25) is 11.8 Å². The zero-order valence-corrected chi connectivity index (χ0v) is 35.3. The Morgan fingerprint density at radius 3 is 1.42 bits per heavy atom. The molecular weight excluding hydrogens is 771 g/mol. The third kappa shape index (κ3) is 14.7. The first-order valence-corrected chi connectivity index (χ1v) is 20.8. The van der Waals surface area contributed by atoms with E-state index in [0.717, 1.165) is 102 Å². The molecule has 2 fully saturated rings. The van der Waals surface area contributed by atoms with Crippen molar-refractivity contribution in [2.24, 2.45) is 0 Å². The summed E-state index contributed by atoms with van der Waals surface area (Å²) >= 11 is 0. The van der Waals surface area contributed by atoms with Crippen LogP contribution in [-0.2, 0) is 22.4 Å². The van der Waals surface area contributed by atoms with Crippen molar-refractivity contribution in [3.05, 3.63) is 114 Å². The van der Waals surface area contributed by atoms with E-state index in [9.17, 15) is 18.4 Å². The number of para-hydroxylation sites is 2. The molecule has 2 heterocycles. The Kier molecular flexibility index (Phi) is 18.7. The first-order valence-electron chi connectivity index (χ1n) is 20.8. The molecule has 60 heavy (non-hydrogen) atoms. The molecule has 0 saturated carbocycles. The smallest absolute Gasteiger partial charge is 0.222 e. The molecule has 4 aromatic carbocycles. The summed E-state index contributed by atoms with van der Waals surface area (Å²) in [5.74, 6) is 2.58. The molecule has 2 aliphatic rings. The monoisotopic (exact) mass is 830 g/mol. The lowest BCUT2D eigenvalue weighted by Crippen LogP contribution is -2.49. The second kappa shape index (κ2) is 24.6. The second-order valence-corrected chi connectivity index (χ2v) is 14.7. The van der Waals surface area contributed by atoms with Gasteiger partial charge < -0.3 is 33.5 Å². The number of amides is 2. The number of ether oxygens (including phenoxy) is 5. The van der Waals surface area contributed by atoms with Gasteiger partial charge in [0.1, 0.15) is 19.0 Å². The van der Waals surface area contributed by atoms with Crippen LogP contribution in [0.25, 0.3) is 0 Å². The van der Waals surface area contributed by atoms with Crippen LogP contribution in [0.4, 0.5) is 8.78 Å². The molecule has 0 N–H and O–H groups in total. The molecular formula is C47H60F2N4O7. The molecule has 0 bridgehead atoms. The van der Waals surface area contributed by atoms with E-state index >= 15 is 0 Å². The van der Waals surface area contributed by atoms with Gasteiger partial charge in [-0.25, -0.2) is 8.78 Å². The fourth-order valence-electron chi connectivity index (χ4n) is 7.17. The number of carbonyl (C=O) groups excluding carboxylic acids is 2. The quantitative estimate of drug-likeness (QED) is 0.102. The lowest BCUT2D eigenvalue weighted by atomic mass is 10.1. The Labute approximate surface area is 353 Å². The summed E-state index contributed by atoms with van der Waals surface area (Å²) < 4.78 is 53.9. The zero-order chi connectivity index (χ0) is 42.5. The van der Waals surface area contributed by atoms with Crippen molar-refractivity contribution in [3.8, 4) is 28.7 Å². The number of hydrogen-bond acceptors (Lipinski definition) is 9. The molecule has 0 spiro atoms. The third-order valence-electron chi connectivity index (χ3n) is 10.8. The first-order chi connectivity index (χ1) is 29.3. The second-order valence-electron chi connectivity index (χ2n) is 14.7. The Balaban J connectivity index is 0.000000228.